The summed E-state index contributed by atoms with van der Waals surface area (Å²) in [6, 6.07) is 0.556. The first-order valence-corrected chi connectivity index (χ1v) is 11.1. The van der Waals surface area contributed by atoms with Crippen LogP contribution in [0, 0.1) is 0 Å². The molecular formula is C17H39NO5Si. The van der Waals surface area contributed by atoms with E-state index in [0.717, 1.165) is 0 Å². The average Bonchev–Trinajstić information content (AvgIpc) is 2.53. The van der Waals surface area contributed by atoms with Gasteiger partial charge in [-0.3, -0.25) is 0 Å². The summed E-state index contributed by atoms with van der Waals surface area (Å²) in [4.78, 5) is 0. The van der Waals surface area contributed by atoms with Crippen LogP contribution in [-0.2, 0) is 13.3 Å². The Hall–Kier alpha value is -0.0231. The lowest BCUT2D eigenvalue weighted by atomic mass is 9.71. The highest BCUT2D eigenvalue weighted by molar-refractivity contribution is 6.60. The predicted octanol–water partition coefficient (Wildman–Crippen LogP) is 2.44. The fourth-order valence-electron chi connectivity index (χ4n) is 2.84. The number of nitrogens with two attached hydrogens (primary N) is 1. The predicted molar refractivity (Wildman–Crippen MR) is 98.8 cm³/mol. The monoisotopic (exact) mass is 365 g/mol. The van der Waals surface area contributed by atoms with Crippen LogP contribution in [-0.4, -0.2) is 55.6 Å². The minimum atomic E-state index is -3.10. The van der Waals surface area contributed by atoms with Gasteiger partial charge in [0.2, 0.25) is 0 Å². The molecule has 0 aliphatic heterocycles. The van der Waals surface area contributed by atoms with E-state index in [-0.39, 0.29) is 0 Å². The van der Waals surface area contributed by atoms with E-state index in [0.29, 0.717) is 45.1 Å². The highest BCUT2D eigenvalue weighted by Crippen LogP contribution is 2.43. The Labute approximate surface area is 149 Å². The molecule has 24 heavy (non-hydrogen) atoms. The third-order valence-electron chi connectivity index (χ3n) is 5.21. The maximum absolute atomic E-state index is 11.0. The van der Waals surface area contributed by atoms with E-state index in [1.807, 2.05) is 27.7 Å². The summed E-state index contributed by atoms with van der Waals surface area (Å²) >= 11 is 0. The van der Waals surface area contributed by atoms with Gasteiger partial charge in [-0.15, -0.1) is 0 Å². The van der Waals surface area contributed by atoms with Crippen molar-refractivity contribution in [3.05, 3.63) is 0 Å². The van der Waals surface area contributed by atoms with Gasteiger partial charge in [0.15, 0.2) is 0 Å². The van der Waals surface area contributed by atoms with E-state index in [2.05, 4.69) is 0 Å². The van der Waals surface area contributed by atoms with Crippen LogP contribution in [0.2, 0.25) is 6.04 Å². The summed E-state index contributed by atoms with van der Waals surface area (Å²) in [5.41, 5.74) is 1.93. The van der Waals surface area contributed by atoms with E-state index in [9.17, 15) is 10.2 Å². The second kappa shape index (κ2) is 9.61. The zero-order valence-electron chi connectivity index (χ0n) is 16.6. The van der Waals surface area contributed by atoms with Crippen molar-refractivity contribution in [2.45, 2.75) is 90.6 Å². The number of hydrogen-bond donors (Lipinski definition) is 3. The molecular weight excluding hydrogens is 326 g/mol. The van der Waals surface area contributed by atoms with Gasteiger partial charge in [0.25, 0.3) is 0 Å². The number of aliphatic hydroxyl groups is 2. The van der Waals surface area contributed by atoms with Crippen LogP contribution in [0.25, 0.3) is 0 Å². The van der Waals surface area contributed by atoms with Crippen LogP contribution in [0.15, 0.2) is 0 Å². The standard InChI is InChI=1S/C17H39NO5Si/c1-8-15(5,19)17(7,16(6,20)9-2)23-24(21-10-3,22-11-4)14-12-13-18/h19-20H,8-14,18H2,1-7H3. The molecule has 2 unspecified atom stereocenters. The molecule has 0 bridgehead atoms. The SMILES string of the molecule is CCO[Si](CCCN)(OCC)OC(C)(C(C)(O)CC)C(C)(O)CC. The fourth-order valence-corrected chi connectivity index (χ4v) is 6.01. The Balaban J connectivity index is 5.99. The molecule has 0 aliphatic carbocycles. The van der Waals surface area contributed by atoms with E-state index < -0.39 is 25.6 Å². The second-order valence-corrected chi connectivity index (χ2v) is 9.48. The molecule has 0 aromatic rings. The molecule has 0 aliphatic rings. The van der Waals surface area contributed by atoms with Gasteiger partial charge in [0.1, 0.15) is 5.60 Å². The second-order valence-electron chi connectivity index (χ2n) is 6.83. The van der Waals surface area contributed by atoms with Gasteiger partial charge in [0, 0.05) is 19.3 Å². The Morgan fingerprint density at radius 2 is 1.29 bits per heavy atom. The summed E-state index contributed by atoms with van der Waals surface area (Å²) in [5.74, 6) is 0. The first-order chi connectivity index (χ1) is 11.0. The lowest BCUT2D eigenvalue weighted by Gasteiger charge is -2.53. The third kappa shape index (κ3) is 5.24. The molecule has 4 N–H and O–H groups in total. The van der Waals surface area contributed by atoms with Gasteiger partial charge < -0.3 is 29.2 Å². The first kappa shape index (κ1) is 24.0. The molecule has 0 amide bonds. The van der Waals surface area contributed by atoms with Crippen LogP contribution >= 0.6 is 0 Å². The van der Waals surface area contributed by atoms with Gasteiger partial charge >= 0.3 is 8.80 Å². The largest absolute Gasteiger partial charge is 0.501 e. The number of rotatable bonds is 13. The average molecular weight is 366 g/mol. The lowest BCUT2D eigenvalue weighted by molar-refractivity contribution is -0.232. The molecule has 0 radical (unpaired) electrons. The van der Waals surface area contributed by atoms with Crippen molar-refractivity contribution in [1.82, 2.24) is 0 Å². The zero-order chi connectivity index (χ0) is 19.1. The minimum Gasteiger partial charge on any atom is -0.387 e. The first-order valence-electron chi connectivity index (χ1n) is 9.14. The van der Waals surface area contributed by atoms with Gasteiger partial charge in [-0.25, -0.2) is 0 Å². The van der Waals surface area contributed by atoms with Crippen LogP contribution in [0.3, 0.4) is 0 Å². The molecule has 2 atom stereocenters. The smallest absolute Gasteiger partial charge is 0.387 e. The number of hydrogen-bond acceptors (Lipinski definition) is 6. The zero-order valence-corrected chi connectivity index (χ0v) is 17.6. The normalized spacial score (nSPS) is 20.2. The van der Waals surface area contributed by atoms with E-state index in [1.54, 1.807) is 20.8 Å². The van der Waals surface area contributed by atoms with Crippen molar-refractivity contribution in [3.63, 3.8) is 0 Å². The topological polar surface area (TPSA) is 94.2 Å². The van der Waals surface area contributed by atoms with Crippen molar-refractivity contribution in [3.8, 4) is 0 Å². The van der Waals surface area contributed by atoms with Crippen LogP contribution < -0.4 is 5.73 Å². The van der Waals surface area contributed by atoms with Gasteiger partial charge in [-0.1, -0.05) is 13.8 Å². The summed E-state index contributed by atoms with van der Waals surface area (Å²) in [6.07, 6.45) is 1.56. The minimum absolute atomic E-state index is 0.430. The van der Waals surface area contributed by atoms with E-state index in [1.165, 1.54) is 0 Å². The molecule has 0 aromatic heterocycles. The Bertz CT molecular complexity index is 341. The molecule has 0 aromatic carbocycles. The summed E-state index contributed by atoms with van der Waals surface area (Å²) in [7, 11) is -3.10. The molecule has 0 fully saturated rings. The van der Waals surface area contributed by atoms with Crippen LogP contribution in [0.1, 0.15) is 67.7 Å². The highest BCUT2D eigenvalue weighted by Gasteiger charge is 2.60. The van der Waals surface area contributed by atoms with Crippen LogP contribution in [0.4, 0.5) is 0 Å². The quantitative estimate of drug-likeness (QED) is 0.434. The Morgan fingerprint density at radius 1 is 0.875 bits per heavy atom. The molecule has 7 heteroatoms. The molecule has 0 saturated carbocycles. The highest BCUT2D eigenvalue weighted by atomic mass is 28.4. The molecule has 6 nitrogen and oxygen atoms in total. The molecule has 0 heterocycles. The third-order valence-corrected chi connectivity index (χ3v) is 8.35. The van der Waals surface area contributed by atoms with Gasteiger partial charge in [-0.2, -0.15) is 0 Å². The molecule has 0 spiro atoms. The van der Waals surface area contributed by atoms with Gasteiger partial charge in [0.05, 0.1) is 11.2 Å². The van der Waals surface area contributed by atoms with E-state index in [4.69, 9.17) is 19.0 Å². The van der Waals surface area contributed by atoms with Gasteiger partial charge in [-0.05, 0) is 60.4 Å². The maximum Gasteiger partial charge on any atom is 0.501 e. The van der Waals surface area contributed by atoms with Crippen molar-refractivity contribution < 1.29 is 23.5 Å². The van der Waals surface area contributed by atoms with Crippen molar-refractivity contribution >= 4 is 8.80 Å². The van der Waals surface area contributed by atoms with Crippen molar-refractivity contribution in [2.75, 3.05) is 19.8 Å². The Kier molecular flexibility index (Phi) is 9.60. The maximum atomic E-state index is 11.0. The molecule has 0 saturated heterocycles. The summed E-state index contributed by atoms with van der Waals surface area (Å²) in [5, 5.41) is 22.1. The van der Waals surface area contributed by atoms with Crippen LogP contribution in [0.5, 0.6) is 0 Å². The fraction of sp³-hybridized carbons (Fsp3) is 1.00. The summed E-state index contributed by atoms with van der Waals surface area (Å²) in [6.45, 7) is 14.0. The summed E-state index contributed by atoms with van der Waals surface area (Å²) < 4.78 is 18.4. The Morgan fingerprint density at radius 3 is 1.58 bits per heavy atom. The molecule has 146 valence electrons. The molecule has 0 rings (SSSR count). The lowest BCUT2D eigenvalue weighted by Crippen LogP contribution is -2.69. The van der Waals surface area contributed by atoms with Crippen molar-refractivity contribution in [1.29, 1.82) is 0 Å². The van der Waals surface area contributed by atoms with Crippen molar-refractivity contribution in [2.24, 2.45) is 5.73 Å². The van der Waals surface area contributed by atoms with E-state index >= 15 is 0 Å².